The molecule has 25 heavy (non-hydrogen) atoms. The van der Waals surface area contributed by atoms with Gasteiger partial charge in [-0.2, -0.15) is 10.1 Å². The Hall–Kier alpha value is -2.74. The van der Waals surface area contributed by atoms with E-state index in [0.717, 1.165) is 39.6 Å². The summed E-state index contributed by atoms with van der Waals surface area (Å²) in [4.78, 5) is 20.4. The number of carbonyl (C=O) groups is 1. The van der Waals surface area contributed by atoms with Crippen molar-refractivity contribution in [3.63, 3.8) is 0 Å². The molecule has 0 radical (unpaired) electrons. The lowest BCUT2D eigenvalue weighted by Gasteiger charge is -2.12. The third-order valence-electron chi connectivity index (χ3n) is 4.15. The SMILES string of the molecule is NC(N)=NC(=O)c1cnn(-c2c(Br)ccc3ncccc23)c1C1CC1. The Morgan fingerprint density at radius 3 is 2.80 bits per heavy atom. The number of halogens is 1. The summed E-state index contributed by atoms with van der Waals surface area (Å²) in [6, 6.07) is 7.73. The number of fused-ring (bicyclic) bond motifs is 1. The molecule has 3 aromatic rings. The summed E-state index contributed by atoms with van der Waals surface area (Å²) in [6.45, 7) is 0. The second kappa shape index (κ2) is 5.96. The van der Waals surface area contributed by atoms with E-state index in [2.05, 4.69) is 31.0 Å². The van der Waals surface area contributed by atoms with Gasteiger partial charge in [0.1, 0.15) is 0 Å². The van der Waals surface area contributed by atoms with E-state index in [9.17, 15) is 4.79 Å². The molecule has 8 heteroatoms. The number of aromatic nitrogens is 3. The maximum absolute atomic E-state index is 12.4. The van der Waals surface area contributed by atoms with Crippen LogP contribution in [-0.4, -0.2) is 26.6 Å². The van der Waals surface area contributed by atoms with E-state index in [4.69, 9.17) is 11.5 Å². The third-order valence-corrected chi connectivity index (χ3v) is 4.79. The van der Waals surface area contributed by atoms with Gasteiger partial charge in [-0.25, -0.2) is 4.68 Å². The van der Waals surface area contributed by atoms with Crippen molar-refractivity contribution in [2.75, 3.05) is 0 Å². The van der Waals surface area contributed by atoms with E-state index in [1.165, 1.54) is 6.20 Å². The molecule has 0 spiro atoms. The van der Waals surface area contributed by atoms with E-state index in [1.807, 2.05) is 24.3 Å². The quantitative estimate of drug-likeness (QED) is 0.519. The molecular weight excluding hydrogens is 384 g/mol. The Morgan fingerprint density at radius 1 is 1.28 bits per heavy atom. The first kappa shape index (κ1) is 15.8. The highest BCUT2D eigenvalue weighted by Crippen LogP contribution is 2.44. The van der Waals surface area contributed by atoms with Gasteiger partial charge in [0.05, 0.1) is 28.7 Å². The van der Waals surface area contributed by atoms with Gasteiger partial charge in [-0.05, 0) is 53.0 Å². The van der Waals surface area contributed by atoms with Crippen LogP contribution in [0, 0.1) is 0 Å². The molecule has 1 saturated carbocycles. The van der Waals surface area contributed by atoms with Gasteiger partial charge in [-0.1, -0.05) is 0 Å². The number of rotatable bonds is 3. The number of aliphatic imine (C=N–C) groups is 1. The zero-order chi connectivity index (χ0) is 17.6. The first-order valence-electron chi connectivity index (χ1n) is 7.81. The molecule has 2 heterocycles. The molecule has 0 saturated heterocycles. The van der Waals surface area contributed by atoms with Crippen LogP contribution in [0.4, 0.5) is 0 Å². The molecule has 0 atom stereocenters. The topological polar surface area (TPSA) is 112 Å². The Bertz CT molecular complexity index is 1020. The number of benzene rings is 1. The van der Waals surface area contributed by atoms with Crippen molar-refractivity contribution in [1.29, 1.82) is 0 Å². The molecule has 126 valence electrons. The van der Waals surface area contributed by atoms with Gasteiger partial charge in [0.15, 0.2) is 5.96 Å². The van der Waals surface area contributed by atoms with Crippen LogP contribution in [0.1, 0.15) is 34.8 Å². The molecule has 4 rings (SSSR count). The highest BCUT2D eigenvalue weighted by atomic mass is 79.9. The molecule has 1 aliphatic rings. The monoisotopic (exact) mass is 398 g/mol. The lowest BCUT2D eigenvalue weighted by molar-refractivity contribution is 0.100. The van der Waals surface area contributed by atoms with Crippen molar-refractivity contribution in [2.24, 2.45) is 16.5 Å². The first-order chi connectivity index (χ1) is 12.1. The summed E-state index contributed by atoms with van der Waals surface area (Å²) in [7, 11) is 0. The second-order valence-electron chi connectivity index (χ2n) is 5.94. The number of pyridine rings is 1. The second-order valence-corrected chi connectivity index (χ2v) is 6.79. The van der Waals surface area contributed by atoms with Gasteiger partial charge in [0, 0.05) is 22.0 Å². The molecule has 0 unspecified atom stereocenters. The van der Waals surface area contributed by atoms with Crippen LogP contribution in [0.3, 0.4) is 0 Å². The predicted octanol–water partition coefficient (Wildman–Crippen LogP) is 2.47. The van der Waals surface area contributed by atoms with Crippen molar-refractivity contribution >= 4 is 38.7 Å². The van der Waals surface area contributed by atoms with Gasteiger partial charge < -0.3 is 11.5 Å². The predicted molar refractivity (Wildman–Crippen MR) is 98.7 cm³/mol. The smallest absolute Gasteiger partial charge is 0.283 e. The largest absolute Gasteiger partial charge is 0.370 e. The standard InChI is InChI=1S/C17H15BrN6O/c18-12-5-6-13-10(2-1-7-21-13)15(12)24-14(9-3-4-9)11(8-22-24)16(25)23-17(19)20/h1-2,5-9H,3-4H2,(H4,19,20,23,25). The zero-order valence-electron chi connectivity index (χ0n) is 13.2. The molecule has 4 N–H and O–H groups in total. The van der Waals surface area contributed by atoms with Gasteiger partial charge in [-0.15, -0.1) is 0 Å². The fourth-order valence-electron chi connectivity index (χ4n) is 2.95. The number of guanidine groups is 1. The summed E-state index contributed by atoms with van der Waals surface area (Å²) in [5.41, 5.74) is 13.7. The van der Waals surface area contributed by atoms with Crippen LogP contribution in [-0.2, 0) is 0 Å². The Labute approximate surface area is 151 Å². The fraction of sp³-hybridized carbons (Fsp3) is 0.176. The molecule has 1 amide bonds. The summed E-state index contributed by atoms with van der Waals surface area (Å²) >= 11 is 3.60. The van der Waals surface area contributed by atoms with E-state index >= 15 is 0 Å². The van der Waals surface area contributed by atoms with Crippen LogP contribution >= 0.6 is 15.9 Å². The van der Waals surface area contributed by atoms with Gasteiger partial charge >= 0.3 is 0 Å². The van der Waals surface area contributed by atoms with Crippen LogP contribution in [0.2, 0.25) is 0 Å². The van der Waals surface area contributed by atoms with E-state index < -0.39 is 5.91 Å². The number of nitrogens with zero attached hydrogens (tertiary/aromatic N) is 4. The van der Waals surface area contributed by atoms with Crippen LogP contribution in [0.5, 0.6) is 0 Å². The normalized spacial score (nSPS) is 13.8. The molecular formula is C17H15BrN6O. The number of hydrogen-bond donors (Lipinski definition) is 2. The number of amides is 1. The van der Waals surface area contributed by atoms with Gasteiger partial charge in [0.25, 0.3) is 5.91 Å². The fourth-order valence-corrected chi connectivity index (χ4v) is 3.47. The average Bonchev–Trinajstić information content (AvgIpc) is 3.33. The van der Waals surface area contributed by atoms with Crippen molar-refractivity contribution in [1.82, 2.24) is 14.8 Å². The number of nitrogens with two attached hydrogens (primary N) is 2. The van der Waals surface area contributed by atoms with E-state index in [-0.39, 0.29) is 11.9 Å². The molecule has 2 aromatic heterocycles. The van der Waals surface area contributed by atoms with E-state index in [1.54, 1.807) is 10.9 Å². The molecule has 1 fully saturated rings. The van der Waals surface area contributed by atoms with E-state index in [0.29, 0.717) is 5.56 Å². The molecule has 0 bridgehead atoms. The maximum Gasteiger partial charge on any atom is 0.283 e. The summed E-state index contributed by atoms with van der Waals surface area (Å²) in [5.74, 6) is -0.452. The van der Waals surface area contributed by atoms with Crippen molar-refractivity contribution < 1.29 is 4.79 Å². The minimum Gasteiger partial charge on any atom is -0.370 e. The Balaban J connectivity index is 1.96. The minimum atomic E-state index is -0.470. The van der Waals surface area contributed by atoms with Crippen molar-refractivity contribution in [3.05, 3.63) is 52.4 Å². The van der Waals surface area contributed by atoms with Crippen molar-refractivity contribution in [3.8, 4) is 5.69 Å². The summed E-state index contributed by atoms with van der Waals surface area (Å²) in [5, 5.41) is 5.42. The first-order valence-corrected chi connectivity index (χ1v) is 8.61. The molecule has 1 aliphatic carbocycles. The Morgan fingerprint density at radius 2 is 2.08 bits per heavy atom. The van der Waals surface area contributed by atoms with Crippen LogP contribution in [0.25, 0.3) is 16.6 Å². The van der Waals surface area contributed by atoms with Gasteiger partial charge in [0.2, 0.25) is 0 Å². The molecule has 7 nitrogen and oxygen atoms in total. The summed E-state index contributed by atoms with van der Waals surface area (Å²) in [6.07, 6.45) is 5.30. The summed E-state index contributed by atoms with van der Waals surface area (Å²) < 4.78 is 2.68. The number of hydrogen-bond acceptors (Lipinski definition) is 3. The maximum atomic E-state index is 12.4. The average molecular weight is 399 g/mol. The van der Waals surface area contributed by atoms with Gasteiger partial charge in [-0.3, -0.25) is 9.78 Å². The lowest BCUT2D eigenvalue weighted by Crippen LogP contribution is -2.24. The number of carbonyl (C=O) groups excluding carboxylic acids is 1. The molecule has 0 aliphatic heterocycles. The molecule has 1 aromatic carbocycles. The van der Waals surface area contributed by atoms with Crippen LogP contribution < -0.4 is 11.5 Å². The third kappa shape index (κ3) is 2.78. The highest BCUT2D eigenvalue weighted by Gasteiger charge is 2.33. The highest BCUT2D eigenvalue weighted by molar-refractivity contribution is 9.10. The zero-order valence-corrected chi connectivity index (χ0v) is 14.8. The van der Waals surface area contributed by atoms with Crippen molar-refractivity contribution in [2.45, 2.75) is 18.8 Å². The Kier molecular flexibility index (Phi) is 3.76. The minimum absolute atomic E-state index is 0.255. The van der Waals surface area contributed by atoms with Crippen LogP contribution in [0.15, 0.2) is 46.1 Å². The lowest BCUT2D eigenvalue weighted by atomic mass is 10.1.